The minimum atomic E-state index is 0.493. The van der Waals surface area contributed by atoms with Crippen molar-refractivity contribution in [1.82, 2.24) is 9.78 Å². The van der Waals surface area contributed by atoms with Gasteiger partial charge in [0.25, 0.3) is 0 Å². The smallest absolute Gasteiger partial charge is 0.148 e. The van der Waals surface area contributed by atoms with Crippen LogP contribution < -0.4 is 10.5 Å². The van der Waals surface area contributed by atoms with Gasteiger partial charge in [0.05, 0.1) is 15.1 Å². The second-order valence-electron chi connectivity index (χ2n) is 4.42. The van der Waals surface area contributed by atoms with E-state index in [2.05, 4.69) is 43.9 Å². The first-order chi connectivity index (χ1) is 9.63. The normalized spacial score (nSPS) is 10.8. The van der Waals surface area contributed by atoms with Crippen LogP contribution in [-0.4, -0.2) is 16.3 Å². The van der Waals surface area contributed by atoms with E-state index in [0.29, 0.717) is 13.2 Å². The Bertz CT molecular complexity index is 561. The van der Waals surface area contributed by atoms with Gasteiger partial charge < -0.3 is 10.5 Å². The molecule has 0 aliphatic heterocycles. The summed E-state index contributed by atoms with van der Waals surface area (Å²) < 4.78 is 9.61. The Morgan fingerprint density at radius 1 is 1.25 bits per heavy atom. The molecule has 0 aliphatic carbocycles. The summed E-state index contributed by atoms with van der Waals surface area (Å²) in [7, 11) is 0. The van der Waals surface area contributed by atoms with Crippen molar-refractivity contribution in [2.24, 2.45) is 5.73 Å². The van der Waals surface area contributed by atoms with Crippen LogP contribution in [0.1, 0.15) is 18.1 Å². The zero-order valence-corrected chi connectivity index (χ0v) is 14.4. The Labute approximate surface area is 135 Å². The number of aromatic nitrogens is 2. The molecule has 0 amide bonds. The summed E-state index contributed by atoms with van der Waals surface area (Å²) in [4.78, 5) is 0. The Balaban J connectivity index is 2.09. The van der Waals surface area contributed by atoms with Gasteiger partial charge in [-0.05, 0) is 69.4 Å². The van der Waals surface area contributed by atoms with Crippen LogP contribution in [0.3, 0.4) is 0 Å². The van der Waals surface area contributed by atoms with Crippen molar-refractivity contribution in [1.29, 1.82) is 0 Å². The van der Waals surface area contributed by atoms with Crippen molar-refractivity contribution < 1.29 is 4.74 Å². The first-order valence-corrected chi connectivity index (χ1v) is 8.04. The molecule has 108 valence electrons. The standard InChI is InChI=1S/C14H17Br2N3O/c1-2-19-8-11(7-18-19)9-20-14-12(15)5-10(3-4-17)6-13(14)16/h5-8H,2-4,9,17H2,1H3. The predicted molar refractivity (Wildman–Crippen MR) is 86.8 cm³/mol. The topological polar surface area (TPSA) is 53.1 Å². The summed E-state index contributed by atoms with van der Waals surface area (Å²) >= 11 is 7.09. The number of halogens is 2. The third kappa shape index (κ3) is 3.84. The largest absolute Gasteiger partial charge is 0.486 e. The van der Waals surface area contributed by atoms with Crippen molar-refractivity contribution >= 4 is 31.9 Å². The van der Waals surface area contributed by atoms with E-state index in [-0.39, 0.29) is 0 Å². The zero-order valence-electron chi connectivity index (χ0n) is 11.3. The van der Waals surface area contributed by atoms with Gasteiger partial charge in [0, 0.05) is 18.3 Å². The van der Waals surface area contributed by atoms with E-state index < -0.39 is 0 Å². The fourth-order valence-corrected chi connectivity index (χ4v) is 3.38. The lowest BCUT2D eigenvalue weighted by molar-refractivity contribution is 0.302. The van der Waals surface area contributed by atoms with Crippen LogP contribution in [0.4, 0.5) is 0 Å². The zero-order chi connectivity index (χ0) is 14.5. The van der Waals surface area contributed by atoms with Gasteiger partial charge >= 0.3 is 0 Å². The molecule has 0 spiro atoms. The number of ether oxygens (including phenoxy) is 1. The third-order valence-electron chi connectivity index (χ3n) is 2.88. The van der Waals surface area contributed by atoms with Gasteiger partial charge in [0.1, 0.15) is 12.4 Å². The number of nitrogens with two attached hydrogens (primary N) is 1. The summed E-state index contributed by atoms with van der Waals surface area (Å²) in [6, 6.07) is 4.09. The molecular formula is C14H17Br2N3O. The van der Waals surface area contributed by atoms with Crippen molar-refractivity contribution in [3.8, 4) is 5.75 Å². The molecule has 1 aromatic heterocycles. The summed E-state index contributed by atoms with van der Waals surface area (Å²) in [5.74, 6) is 0.801. The molecule has 1 aromatic carbocycles. The van der Waals surface area contributed by atoms with E-state index in [1.807, 2.05) is 29.2 Å². The molecule has 6 heteroatoms. The van der Waals surface area contributed by atoms with Gasteiger partial charge in [-0.25, -0.2) is 0 Å². The van der Waals surface area contributed by atoms with E-state index >= 15 is 0 Å². The maximum Gasteiger partial charge on any atom is 0.148 e. The first-order valence-electron chi connectivity index (χ1n) is 6.46. The van der Waals surface area contributed by atoms with Crippen LogP contribution in [0, 0.1) is 0 Å². The Morgan fingerprint density at radius 3 is 2.50 bits per heavy atom. The molecule has 4 nitrogen and oxygen atoms in total. The number of hydrogen-bond donors (Lipinski definition) is 1. The number of aryl methyl sites for hydroxylation is 1. The van der Waals surface area contributed by atoms with E-state index in [9.17, 15) is 0 Å². The molecule has 2 N–H and O–H groups in total. The molecule has 0 unspecified atom stereocenters. The van der Waals surface area contributed by atoms with Crippen LogP contribution >= 0.6 is 31.9 Å². The maximum absolute atomic E-state index is 5.87. The lowest BCUT2D eigenvalue weighted by Gasteiger charge is -2.11. The minimum Gasteiger partial charge on any atom is -0.486 e. The number of hydrogen-bond acceptors (Lipinski definition) is 3. The van der Waals surface area contributed by atoms with Gasteiger partial charge in [-0.3, -0.25) is 4.68 Å². The van der Waals surface area contributed by atoms with Crippen molar-refractivity contribution in [2.75, 3.05) is 6.54 Å². The monoisotopic (exact) mass is 401 g/mol. The van der Waals surface area contributed by atoms with Crippen LogP contribution in [-0.2, 0) is 19.6 Å². The predicted octanol–water partition coefficient (Wildman–Crippen LogP) is 3.51. The summed E-state index contributed by atoms with van der Waals surface area (Å²) in [5, 5.41) is 4.23. The van der Waals surface area contributed by atoms with Crippen LogP contribution in [0.5, 0.6) is 5.75 Å². The average molecular weight is 403 g/mol. The fourth-order valence-electron chi connectivity index (χ4n) is 1.87. The molecule has 20 heavy (non-hydrogen) atoms. The molecule has 0 bridgehead atoms. The molecule has 0 saturated heterocycles. The first kappa shape index (κ1) is 15.5. The van der Waals surface area contributed by atoms with Crippen molar-refractivity contribution in [3.63, 3.8) is 0 Å². The number of nitrogens with zero attached hydrogens (tertiary/aromatic N) is 2. The highest BCUT2D eigenvalue weighted by molar-refractivity contribution is 9.11. The summed E-state index contributed by atoms with van der Waals surface area (Å²) in [6.07, 6.45) is 4.67. The molecule has 0 atom stereocenters. The highest BCUT2D eigenvalue weighted by Gasteiger charge is 2.09. The van der Waals surface area contributed by atoms with Crippen LogP contribution in [0.25, 0.3) is 0 Å². The molecule has 0 aliphatic rings. The highest BCUT2D eigenvalue weighted by atomic mass is 79.9. The number of rotatable bonds is 6. The van der Waals surface area contributed by atoms with E-state index in [1.165, 1.54) is 5.56 Å². The maximum atomic E-state index is 5.87. The second kappa shape index (κ2) is 7.24. The van der Waals surface area contributed by atoms with Crippen molar-refractivity contribution in [3.05, 3.63) is 44.6 Å². The third-order valence-corrected chi connectivity index (χ3v) is 4.06. The average Bonchev–Trinajstić information content (AvgIpc) is 2.86. The van der Waals surface area contributed by atoms with Gasteiger partial charge in [0.2, 0.25) is 0 Å². The molecule has 0 radical (unpaired) electrons. The fraction of sp³-hybridized carbons (Fsp3) is 0.357. The Morgan fingerprint density at radius 2 is 1.95 bits per heavy atom. The van der Waals surface area contributed by atoms with E-state index in [0.717, 1.165) is 33.2 Å². The molecule has 0 fully saturated rings. The van der Waals surface area contributed by atoms with Gasteiger partial charge in [-0.2, -0.15) is 5.10 Å². The molecule has 2 rings (SSSR count). The molecule has 2 aromatic rings. The second-order valence-corrected chi connectivity index (χ2v) is 6.13. The van der Waals surface area contributed by atoms with Gasteiger partial charge in [0.15, 0.2) is 0 Å². The van der Waals surface area contributed by atoms with Crippen LogP contribution in [0.2, 0.25) is 0 Å². The number of benzene rings is 1. The molecule has 0 saturated carbocycles. The minimum absolute atomic E-state index is 0.493. The SMILES string of the molecule is CCn1cc(COc2c(Br)cc(CCN)cc2Br)cn1. The van der Waals surface area contributed by atoms with E-state index in [1.54, 1.807) is 0 Å². The Kier molecular flexibility index (Phi) is 5.63. The summed E-state index contributed by atoms with van der Waals surface area (Å²) in [5.41, 5.74) is 7.81. The quantitative estimate of drug-likeness (QED) is 0.804. The Hall–Kier alpha value is -0.850. The molecule has 1 heterocycles. The summed E-state index contributed by atoms with van der Waals surface area (Å²) in [6.45, 7) is 4.05. The van der Waals surface area contributed by atoms with Gasteiger partial charge in [-0.15, -0.1) is 0 Å². The van der Waals surface area contributed by atoms with Crippen molar-refractivity contribution in [2.45, 2.75) is 26.5 Å². The van der Waals surface area contributed by atoms with Crippen LogP contribution in [0.15, 0.2) is 33.5 Å². The lowest BCUT2D eigenvalue weighted by Crippen LogP contribution is -2.03. The highest BCUT2D eigenvalue weighted by Crippen LogP contribution is 2.35. The van der Waals surface area contributed by atoms with E-state index in [4.69, 9.17) is 10.5 Å². The van der Waals surface area contributed by atoms with Gasteiger partial charge in [-0.1, -0.05) is 0 Å². The molecular weight excluding hydrogens is 386 g/mol. The lowest BCUT2D eigenvalue weighted by atomic mass is 10.1.